The van der Waals surface area contributed by atoms with Gasteiger partial charge in [-0.2, -0.15) is 4.98 Å². The minimum absolute atomic E-state index is 0.0161. The second kappa shape index (κ2) is 11.8. The number of nitrogens with zero attached hydrogens (tertiary/aromatic N) is 5. The number of esters is 2. The van der Waals surface area contributed by atoms with Gasteiger partial charge in [0.2, 0.25) is 0 Å². The Bertz CT molecular complexity index is 1610. The summed E-state index contributed by atoms with van der Waals surface area (Å²) in [6.45, 7) is -0.358. The van der Waals surface area contributed by atoms with Crippen molar-refractivity contribution in [1.29, 1.82) is 0 Å². The van der Waals surface area contributed by atoms with E-state index < -0.39 is 42.1 Å². The molecule has 1 fully saturated rings. The van der Waals surface area contributed by atoms with E-state index in [4.69, 9.17) is 19.9 Å². The summed E-state index contributed by atoms with van der Waals surface area (Å²) in [7, 11) is 0. The molecule has 202 valence electrons. The quantitative estimate of drug-likeness (QED) is 0.145. The number of anilines is 1. The number of thiophene rings is 1. The predicted octanol–water partition coefficient (Wildman–Crippen LogP) is 4.21. The molecule has 4 aromatic rings. The highest BCUT2D eigenvalue weighted by Gasteiger charge is 2.49. The number of aromatic nitrogens is 2. The fourth-order valence-corrected chi connectivity index (χ4v) is 5.02. The Labute approximate surface area is 231 Å². The standard InChI is InChI=1S/C27H22N6O6S/c28-23-18(20-12-7-13-40-20)14-33(27(36)30-23)24-21(31-32-29)22(39-26(35)17-10-5-2-6-11-17)19(38-24)15-37-25(34)16-8-3-1-4-9-16/h1-14,19,21-22,24H,15H2,(H2,28,30,36)/t19-,21-,22-,24-/m1/s1. The molecule has 2 aromatic carbocycles. The van der Waals surface area contributed by atoms with Crippen LogP contribution in [0.25, 0.3) is 20.9 Å². The van der Waals surface area contributed by atoms with E-state index >= 15 is 0 Å². The Hall–Kier alpha value is -4.97. The first-order valence-electron chi connectivity index (χ1n) is 12.1. The Morgan fingerprint density at radius 1 is 1.05 bits per heavy atom. The second-order valence-corrected chi connectivity index (χ2v) is 9.62. The van der Waals surface area contributed by atoms with Crippen molar-refractivity contribution in [3.05, 3.63) is 116 Å². The molecule has 0 spiro atoms. The molecule has 0 radical (unpaired) electrons. The van der Waals surface area contributed by atoms with Crippen LogP contribution in [0.5, 0.6) is 0 Å². The number of nitrogen functional groups attached to an aromatic ring is 1. The fourth-order valence-electron chi connectivity index (χ4n) is 4.28. The van der Waals surface area contributed by atoms with Gasteiger partial charge in [0.05, 0.1) is 16.7 Å². The highest BCUT2D eigenvalue weighted by Crippen LogP contribution is 2.36. The third kappa shape index (κ3) is 5.57. The van der Waals surface area contributed by atoms with Gasteiger partial charge in [0, 0.05) is 16.0 Å². The van der Waals surface area contributed by atoms with Crippen LogP contribution in [-0.4, -0.2) is 46.3 Å². The zero-order chi connectivity index (χ0) is 28.1. The molecule has 13 heteroatoms. The van der Waals surface area contributed by atoms with Gasteiger partial charge in [-0.05, 0) is 41.2 Å². The van der Waals surface area contributed by atoms with E-state index in [-0.39, 0.29) is 18.0 Å². The summed E-state index contributed by atoms with van der Waals surface area (Å²) in [5.74, 6) is -1.33. The van der Waals surface area contributed by atoms with Crippen LogP contribution < -0.4 is 11.4 Å². The van der Waals surface area contributed by atoms with E-state index in [9.17, 15) is 19.9 Å². The van der Waals surface area contributed by atoms with Gasteiger partial charge in [-0.25, -0.2) is 14.4 Å². The molecule has 2 N–H and O–H groups in total. The van der Waals surface area contributed by atoms with Crippen molar-refractivity contribution in [3.8, 4) is 10.4 Å². The Morgan fingerprint density at radius 2 is 1.73 bits per heavy atom. The van der Waals surface area contributed by atoms with Crippen molar-refractivity contribution in [3.63, 3.8) is 0 Å². The average Bonchev–Trinajstić information content (AvgIpc) is 3.62. The van der Waals surface area contributed by atoms with Crippen LogP contribution >= 0.6 is 11.3 Å². The van der Waals surface area contributed by atoms with Crippen molar-refractivity contribution in [2.45, 2.75) is 24.5 Å². The minimum Gasteiger partial charge on any atom is -0.459 e. The Kier molecular flexibility index (Phi) is 7.87. The molecule has 12 nitrogen and oxygen atoms in total. The normalized spacial score (nSPS) is 19.9. The predicted molar refractivity (Wildman–Crippen MR) is 145 cm³/mol. The van der Waals surface area contributed by atoms with Crippen LogP contribution in [0.4, 0.5) is 5.82 Å². The second-order valence-electron chi connectivity index (χ2n) is 8.67. The number of hydrogen-bond donors (Lipinski definition) is 1. The van der Waals surface area contributed by atoms with Crippen molar-refractivity contribution < 1.29 is 23.8 Å². The molecule has 4 atom stereocenters. The van der Waals surface area contributed by atoms with Crippen LogP contribution in [0, 0.1) is 0 Å². The maximum atomic E-state index is 13.0. The molecular weight excluding hydrogens is 536 g/mol. The molecule has 5 rings (SSSR count). The molecule has 1 saturated heterocycles. The molecule has 0 unspecified atom stereocenters. The lowest BCUT2D eigenvalue weighted by Crippen LogP contribution is -2.39. The number of hydrogen-bond acceptors (Lipinski definition) is 10. The van der Waals surface area contributed by atoms with E-state index in [2.05, 4.69) is 15.0 Å². The molecule has 0 bridgehead atoms. The lowest BCUT2D eigenvalue weighted by molar-refractivity contribution is -0.0583. The van der Waals surface area contributed by atoms with Crippen LogP contribution in [-0.2, 0) is 14.2 Å². The zero-order valence-electron chi connectivity index (χ0n) is 20.8. The van der Waals surface area contributed by atoms with E-state index in [0.29, 0.717) is 11.1 Å². The van der Waals surface area contributed by atoms with Gasteiger partial charge in [-0.3, -0.25) is 4.57 Å². The Morgan fingerprint density at radius 3 is 2.35 bits per heavy atom. The lowest BCUT2D eigenvalue weighted by atomic mass is 10.1. The fraction of sp³-hybridized carbons (Fsp3) is 0.185. The summed E-state index contributed by atoms with van der Waals surface area (Å²) >= 11 is 1.39. The van der Waals surface area contributed by atoms with Gasteiger partial charge in [-0.1, -0.05) is 47.6 Å². The molecular formula is C27H22N6O6S. The number of carbonyl (C=O) groups is 2. The highest BCUT2D eigenvalue weighted by molar-refractivity contribution is 7.13. The number of benzene rings is 2. The molecule has 2 aromatic heterocycles. The zero-order valence-corrected chi connectivity index (χ0v) is 21.6. The number of ether oxygens (including phenoxy) is 3. The first-order valence-corrected chi connectivity index (χ1v) is 12.9. The smallest absolute Gasteiger partial charge is 0.351 e. The van der Waals surface area contributed by atoms with Crippen LogP contribution in [0.2, 0.25) is 0 Å². The summed E-state index contributed by atoms with van der Waals surface area (Å²) in [6, 6.07) is 18.9. The van der Waals surface area contributed by atoms with Crippen molar-refractivity contribution in [1.82, 2.24) is 9.55 Å². The van der Waals surface area contributed by atoms with Gasteiger partial charge >= 0.3 is 17.6 Å². The SMILES string of the molecule is [N-]=[N+]=N[C@@H]1[C@H](OC(=O)c2ccccc2)[C@@H](COC(=O)c2ccccc2)O[C@H]1n1cc(-c2cccs2)c(N)nc1=O. The topological polar surface area (TPSA) is 172 Å². The number of nitrogens with two attached hydrogens (primary N) is 1. The minimum atomic E-state index is -1.25. The molecule has 40 heavy (non-hydrogen) atoms. The molecule has 1 aliphatic heterocycles. The van der Waals surface area contributed by atoms with E-state index in [1.807, 2.05) is 17.5 Å². The molecule has 1 aliphatic rings. The van der Waals surface area contributed by atoms with E-state index in [1.165, 1.54) is 17.5 Å². The summed E-state index contributed by atoms with van der Waals surface area (Å²) in [6.07, 6.45) is -2.10. The molecule has 0 amide bonds. The van der Waals surface area contributed by atoms with Gasteiger partial charge < -0.3 is 19.9 Å². The number of carbonyl (C=O) groups excluding carboxylic acids is 2. The number of azide groups is 1. The maximum absolute atomic E-state index is 13.0. The summed E-state index contributed by atoms with van der Waals surface area (Å²) in [5, 5.41) is 5.67. The van der Waals surface area contributed by atoms with Gasteiger partial charge in [-0.15, -0.1) is 11.3 Å². The largest absolute Gasteiger partial charge is 0.459 e. The highest BCUT2D eigenvalue weighted by atomic mass is 32.1. The molecule has 0 aliphatic carbocycles. The van der Waals surface area contributed by atoms with Crippen molar-refractivity contribution in [2.24, 2.45) is 5.11 Å². The Balaban J connectivity index is 1.50. The van der Waals surface area contributed by atoms with E-state index in [0.717, 1.165) is 9.44 Å². The van der Waals surface area contributed by atoms with Crippen LogP contribution in [0.3, 0.4) is 0 Å². The maximum Gasteiger partial charge on any atom is 0.351 e. The van der Waals surface area contributed by atoms with Crippen LogP contribution in [0.1, 0.15) is 26.9 Å². The summed E-state index contributed by atoms with van der Waals surface area (Å²) in [5.41, 5.74) is 15.7. The van der Waals surface area contributed by atoms with E-state index in [1.54, 1.807) is 60.7 Å². The molecule has 0 saturated carbocycles. The van der Waals surface area contributed by atoms with Crippen molar-refractivity contribution >= 4 is 29.1 Å². The summed E-state index contributed by atoms with van der Waals surface area (Å²) < 4.78 is 18.5. The first kappa shape index (κ1) is 26.6. The third-order valence-corrected chi connectivity index (χ3v) is 7.08. The number of rotatable bonds is 8. The van der Waals surface area contributed by atoms with Crippen molar-refractivity contribution in [2.75, 3.05) is 12.3 Å². The average molecular weight is 559 g/mol. The molecule has 3 heterocycles. The van der Waals surface area contributed by atoms with Crippen LogP contribution in [0.15, 0.2) is 94.3 Å². The first-order chi connectivity index (χ1) is 19.5. The van der Waals surface area contributed by atoms with Gasteiger partial charge in [0.1, 0.15) is 30.7 Å². The van der Waals surface area contributed by atoms with Gasteiger partial charge in [0.25, 0.3) is 0 Å². The third-order valence-electron chi connectivity index (χ3n) is 6.18. The lowest BCUT2D eigenvalue weighted by Gasteiger charge is -2.21. The summed E-state index contributed by atoms with van der Waals surface area (Å²) in [4.78, 5) is 46.2. The monoisotopic (exact) mass is 558 g/mol. The van der Waals surface area contributed by atoms with Gasteiger partial charge in [0.15, 0.2) is 6.23 Å².